The first kappa shape index (κ1) is 10.4. The third kappa shape index (κ3) is 3.00. The van der Waals surface area contributed by atoms with Gasteiger partial charge in [0, 0.05) is 13.5 Å². The number of hydrogen-bond acceptors (Lipinski definition) is 2. The van der Waals surface area contributed by atoms with Gasteiger partial charge >= 0.3 is 0 Å². The summed E-state index contributed by atoms with van der Waals surface area (Å²) in [4.78, 5) is 15.5. The van der Waals surface area contributed by atoms with Crippen LogP contribution in [0, 0.1) is 5.41 Å². The third-order valence-electron chi connectivity index (χ3n) is 1.23. The predicted octanol–water partition coefficient (Wildman–Crippen LogP) is -0.937. The zero-order valence-corrected chi connectivity index (χ0v) is 7.16. The SMILES string of the molecule is CCC(=O)N(C)C(=N)N=C(N)N. The van der Waals surface area contributed by atoms with E-state index < -0.39 is 0 Å². The van der Waals surface area contributed by atoms with E-state index in [1.807, 2.05) is 0 Å². The van der Waals surface area contributed by atoms with E-state index in [1.165, 1.54) is 7.05 Å². The minimum Gasteiger partial charge on any atom is -0.370 e. The van der Waals surface area contributed by atoms with Crippen molar-refractivity contribution in [3.63, 3.8) is 0 Å². The normalized spacial score (nSPS) is 8.83. The minimum atomic E-state index is -0.248. The van der Waals surface area contributed by atoms with Crippen molar-refractivity contribution < 1.29 is 4.79 Å². The highest BCUT2D eigenvalue weighted by Gasteiger charge is 2.09. The summed E-state index contributed by atoms with van der Waals surface area (Å²) in [5, 5.41) is 7.22. The lowest BCUT2D eigenvalue weighted by molar-refractivity contribution is -0.126. The molecule has 0 saturated heterocycles. The number of nitrogens with one attached hydrogen (secondary N) is 1. The second kappa shape index (κ2) is 4.32. The Kier molecular flexibility index (Phi) is 3.75. The van der Waals surface area contributed by atoms with Gasteiger partial charge < -0.3 is 11.5 Å². The molecule has 0 heterocycles. The summed E-state index contributed by atoms with van der Waals surface area (Å²) in [6, 6.07) is 0. The van der Waals surface area contributed by atoms with Gasteiger partial charge in [0.05, 0.1) is 0 Å². The van der Waals surface area contributed by atoms with E-state index in [2.05, 4.69) is 4.99 Å². The summed E-state index contributed by atoms with van der Waals surface area (Å²) in [6.45, 7) is 1.70. The van der Waals surface area contributed by atoms with Gasteiger partial charge in [-0.15, -0.1) is 0 Å². The van der Waals surface area contributed by atoms with Crippen molar-refractivity contribution in [3.8, 4) is 0 Å². The van der Waals surface area contributed by atoms with Crippen molar-refractivity contribution in [1.29, 1.82) is 5.41 Å². The van der Waals surface area contributed by atoms with Crippen LogP contribution in [0.25, 0.3) is 0 Å². The van der Waals surface area contributed by atoms with E-state index in [0.29, 0.717) is 6.42 Å². The maximum absolute atomic E-state index is 11.0. The summed E-state index contributed by atoms with van der Waals surface area (Å²) in [5.41, 5.74) is 10.0. The van der Waals surface area contributed by atoms with Crippen LogP contribution < -0.4 is 11.5 Å². The predicted molar refractivity (Wildman–Crippen MR) is 46.6 cm³/mol. The molecule has 0 aliphatic carbocycles. The summed E-state index contributed by atoms with van der Waals surface area (Å²) < 4.78 is 0. The fraction of sp³-hybridized carbons (Fsp3) is 0.500. The second-order valence-corrected chi connectivity index (χ2v) is 2.17. The molecule has 0 aromatic rings. The number of carbonyl (C=O) groups is 1. The monoisotopic (exact) mass is 171 g/mol. The number of carbonyl (C=O) groups excluding carboxylic acids is 1. The molecular formula is C6H13N5O. The van der Waals surface area contributed by atoms with Crippen molar-refractivity contribution in [1.82, 2.24) is 4.90 Å². The molecule has 0 aromatic heterocycles. The number of amides is 1. The lowest BCUT2D eigenvalue weighted by Gasteiger charge is -2.12. The first-order chi connectivity index (χ1) is 5.49. The van der Waals surface area contributed by atoms with Crippen molar-refractivity contribution in [3.05, 3.63) is 0 Å². The molecule has 0 aliphatic rings. The Morgan fingerprint density at radius 3 is 2.42 bits per heavy atom. The molecule has 68 valence electrons. The molecule has 5 N–H and O–H groups in total. The average Bonchev–Trinajstić information content (AvgIpc) is 2.00. The standard InChI is InChI=1S/C6H13N5O/c1-3-4(12)11(2)6(9)10-5(7)8/h3H2,1-2H3,(H5,7,8,9,10). The van der Waals surface area contributed by atoms with Crippen molar-refractivity contribution in [2.75, 3.05) is 7.05 Å². The number of guanidine groups is 2. The van der Waals surface area contributed by atoms with Crippen molar-refractivity contribution in [2.45, 2.75) is 13.3 Å². The molecule has 0 aromatic carbocycles. The first-order valence-corrected chi connectivity index (χ1v) is 3.43. The molecule has 6 heteroatoms. The maximum atomic E-state index is 11.0. The lowest BCUT2D eigenvalue weighted by Crippen LogP contribution is -2.34. The largest absolute Gasteiger partial charge is 0.370 e. The van der Waals surface area contributed by atoms with Gasteiger partial charge in [0.2, 0.25) is 11.9 Å². The highest BCUT2D eigenvalue weighted by Crippen LogP contribution is 1.91. The van der Waals surface area contributed by atoms with Crippen LogP contribution >= 0.6 is 0 Å². The summed E-state index contributed by atoms with van der Waals surface area (Å²) in [6.07, 6.45) is 0.318. The molecular weight excluding hydrogens is 158 g/mol. The third-order valence-corrected chi connectivity index (χ3v) is 1.23. The molecule has 0 unspecified atom stereocenters. The van der Waals surface area contributed by atoms with Gasteiger partial charge in [0.15, 0.2) is 5.96 Å². The summed E-state index contributed by atoms with van der Waals surface area (Å²) in [5.74, 6) is -0.678. The van der Waals surface area contributed by atoms with Crippen LogP contribution in [0.4, 0.5) is 0 Å². The number of rotatable bonds is 1. The molecule has 1 amide bonds. The quantitative estimate of drug-likeness (QED) is 0.350. The minimum absolute atomic E-state index is 0.204. The molecule has 6 nitrogen and oxygen atoms in total. The summed E-state index contributed by atoms with van der Waals surface area (Å²) >= 11 is 0. The van der Waals surface area contributed by atoms with Gasteiger partial charge in [0.1, 0.15) is 0 Å². The van der Waals surface area contributed by atoms with E-state index in [4.69, 9.17) is 16.9 Å². The van der Waals surface area contributed by atoms with Gasteiger partial charge in [-0.05, 0) is 0 Å². The smallest absolute Gasteiger partial charge is 0.228 e. The van der Waals surface area contributed by atoms with Crippen molar-refractivity contribution in [2.24, 2.45) is 16.5 Å². The van der Waals surface area contributed by atoms with Crippen LogP contribution in [-0.2, 0) is 4.79 Å². The van der Waals surface area contributed by atoms with Crippen molar-refractivity contribution >= 4 is 17.8 Å². The number of nitrogens with zero attached hydrogens (tertiary/aromatic N) is 2. The molecule has 0 bridgehead atoms. The number of hydrogen-bond donors (Lipinski definition) is 3. The van der Waals surface area contributed by atoms with Gasteiger partial charge in [-0.1, -0.05) is 6.92 Å². The fourth-order valence-corrected chi connectivity index (χ4v) is 0.553. The summed E-state index contributed by atoms with van der Waals surface area (Å²) in [7, 11) is 1.45. The van der Waals surface area contributed by atoms with E-state index in [1.54, 1.807) is 6.92 Å². The Hall–Kier alpha value is -1.59. The van der Waals surface area contributed by atoms with E-state index in [9.17, 15) is 4.79 Å². The first-order valence-electron chi connectivity index (χ1n) is 3.43. The fourth-order valence-electron chi connectivity index (χ4n) is 0.553. The average molecular weight is 171 g/mol. The Morgan fingerprint density at radius 1 is 1.58 bits per heavy atom. The van der Waals surface area contributed by atoms with E-state index in [-0.39, 0.29) is 17.8 Å². The van der Waals surface area contributed by atoms with Crippen LogP contribution in [0.2, 0.25) is 0 Å². The molecule has 0 saturated carbocycles. The molecule has 12 heavy (non-hydrogen) atoms. The zero-order valence-electron chi connectivity index (χ0n) is 7.16. The number of aliphatic imine (C=N–C) groups is 1. The highest BCUT2D eigenvalue weighted by atomic mass is 16.2. The zero-order chi connectivity index (χ0) is 9.72. The van der Waals surface area contributed by atoms with Gasteiger partial charge in [0.25, 0.3) is 0 Å². The highest BCUT2D eigenvalue weighted by molar-refractivity contribution is 6.00. The lowest BCUT2D eigenvalue weighted by atomic mass is 10.4. The second-order valence-electron chi connectivity index (χ2n) is 2.17. The Bertz CT molecular complexity index is 218. The number of nitrogens with two attached hydrogens (primary N) is 2. The van der Waals surface area contributed by atoms with Crippen LogP contribution in [0.5, 0.6) is 0 Å². The van der Waals surface area contributed by atoms with Gasteiger partial charge in [-0.25, -0.2) is 0 Å². The van der Waals surface area contributed by atoms with Crippen LogP contribution in [0.1, 0.15) is 13.3 Å². The molecule has 0 radical (unpaired) electrons. The molecule has 0 atom stereocenters. The molecule has 0 spiro atoms. The Labute approximate surface area is 70.7 Å². The van der Waals surface area contributed by atoms with Gasteiger partial charge in [-0.3, -0.25) is 15.1 Å². The van der Waals surface area contributed by atoms with Crippen LogP contribution in [0.15, 0.2) is 4.99 Å². The van der Waals surface area contributed by atoms with Gasteiger partial charge in [-0.2, -0.15) is 4.99 Å². The van der Waals surface area contributed by atoms with E-state index >= 15 is 0 Å². The Balaban J connectivity index is 4.30. The maximum Gasteiger partial charge on any atom is 0.228 e. The van der Waals surface area contributed by atoms with E-state index in [0.717, 1.165) is 4.90 Å². The Morgan fingerprint density at radius 2 is 2.08 bits per heavy atom. The molecule has 0 aliphatic heterocycles. The van der Waals surface area contributed by atoms with Crippen LogP contribution in [-0.4, -0.2) is 29.8 Å². The topological polar surface area (TPSA) is 109 Å². The van der Waals surface area contributed by atoms with Crippen LogP contribution in [0.3, 0.4) is 0 Å². The molecule has 0 fully saturated rings. The molecule has 0 rings (SSSR count).